The standard InChI is InChI=1S/C24H32N2O2S/c1-3-19(2)26(24(28)21-12-7-8-13-21)18-23(27)25(17-22-14-9-15-29-22)16-20-10-5-4-6-11-20/h4-6,9-11,14-15,19,21H,3,7-8,12-13,16-18H2,1-2H3/t19-/m1/s1. The highest BCUT2D eigenvalue weighted by Gasteiger charge is 2.31. The molecule has 0 aliphatic heterocycles. The van der Waals surface area contributed by atoms with Gasteiger partial charge in [0.05, 0.1) is 6.54 Å². The minimum absolute atomic E-state index is 0.0221. The first kappa shape index (κ1) is 21.6. The van der Waals surface area contributed by atoms with Crippen molar-refractivity contribution in [3.63, 3.8) is 0 Å². The number of hydrogen-bond donors (Lipinski definition) is 0. The number of rotatable bonds is 9. The molecule has 0 bridgehead atoms. The van der Waals surface area contributed by atoms with E-state index in [0.717, 1.165) is 42.5 Å². The Morgan fingerprint density at radius 1 is 1.07 bits per heavy atom. The molecule has 1 aliphatic rings. The van der Waals surface area contributed by atoms with Crippen molar-refractivity contribution in [2.24, 2.45) is 5.92 Å². The average molecular weight is 413 g/mol. The van der Waals surface area contributed by atoms with E-state index in [2.05, 4.69) is 19.9 Å². The molecule has 1 aromatic heterocycles. The first-order chi connectivity index (χ1) is 14.1. The third kappa shape index (κ3) is 5.92. The van der Waals surface area contributed by atoms with Crippen molar-refractivity contribution >= 4 is 23.2 Å². The van der Waals surface area contributed by atoms with Crippen LogP contribution in [0.4, 0.5) is 0 Å². The number of hydrogen-bond acceptors (Lipinski definition) is 3. The summed E-state index contributed by atoms with van der Waals surface area (Å²) in [7, 11) is 0. The number of nitrogens with zero attached hydrogens (tertiary/aromatic N) is 2. The van der Waals surface area contributed by atoms with Gasteiger partial charge in [0, 0.05) is 23.4 Å². The molecule has 1 saturated carbocycles. The SMILES string of the molecule is CC[C@@H](C)N(CC(=O)N(Cc1ccccc1)Cc1cccs1)C(=O)C1CCCC1. The first-order valence-corrected chi connectivity index (χ1v) is 11.6. The lowest BCUT2D eigenvalue weighted by Gasteiger charge is -2.33. The summed E-state index contributed by atoms with van der Waals surface area (Å²) in [4.78, 5) is 31.4. The Hall–Kier alpha value is -2.14. The molecule has 0 N–H and O–H groups in total. The van der Waals surface area contributed by atoms with Gasteiger partial charge < -0.3 is 9.80 Å². The second kappa shape index (κ2) is 10.6. The lowest BCUT2D eigenvalue weighted by Crippen LogP contribution is -2.48. The van der Waals surface area contributed by atoms with Gasteiger partial charge in [-0.15, -0.1) is 11.3 Å². The van der Waals surface area contributed by atoms with Crippen LogP contribution in [0.2, 0.25) is 0 Å². The van der Waals surface area contributed by atoms with Gasteiger partial charge in [0.25, 0.3) is 0 Å². The third-order valence-corrected chi connectivity index (χ3v) is 6.77. The molecule has 2 aromatic rings. The Bertz CT molecular complexity index is 769. The van der Waals surface area contributed by atoms with Gasteiger partial charge in [0.1, 0.15) is 6.54 Å². The molecule has 0 spiro atoms. The van der Waals surface area contributed by atoms with Crippen LogP contribution < -0.4 is 0 Å². The van der Waals surface area contributed by atoms with E-state index in [1.54, 1.807) is 11.3 Å². The Morgan fingerprint density at radius 3 is 2.41 bits per heavy atom. The lowest BCUT2D eigenvalue weighted by molar-refractivity contribution is -0.145. The molecule has 4 nitrogen and oxygen atoms in total. The summed E-state index contributed by atoms with van der Waals surface area (Å²) >= 11 is 1.66. The Labute approximate surface area is 178 Å². The van der Waals surface area contributed by atoms with E-state index in [4.69, 9.17) is 0 Å². The van der Waals surface area contributed by atoms with E-state index in [-0.39, 0.29) is 30.3 Å². The van der Waals surface area contributed by atoms with Gasteiger partial charge in [-0.25, -0.2) is 0 Å². The van der Waals surface area contributed by atoms with Crippen molar-refractivity contribution in [2.75, 3.05) is 6.54 Å². The van der Waals surface area contributed by atoms with Crippen LogP contribution in [0.5, 0.6) is 0 Å². The molecule has 1 aliphatic carbocycles. The van der Waals surface area contributed by atoms with E-state index in [0.29, 0.717) is 13.1 Å². The molecule has 2 amide bonds. The fraction of sp³-hybridized carbons (Fsp3) is 0.500. The minimum atomic E-state index is 0.0221. The molecule has 0 unspecified atom stereocenters. The monoisotopic (exact) mass is 412 g/mol. The minimum Gasteiger partial charge on any atom is -0.332 e. The number of thiophene rings is 1. The normalized spacial score (nSPS) is 15.2. The predicted molar refractivity (Wildman–Crippen MR) is 118 cm³/mol. The van der Waals surface area contributed by atoms with Crippen LogP contribution in [0.1, 0.15) is 56.4 Å². The molecule has 1 atom stereocenters. The number of carbonyl (C=O) groups is 2. The quantitative estimate of drug-likeness (QED) is 0.575. The highest BCUT2D eigenvalue weighted by atomic mass is 32.1. The van der Waals surface area contributed by atoms with Crippen molar-refractivity contribution in [2.45, 2.75) is 65.1 Å². The molecule has 1 aromatic carbocycles. The van der Waals surface area contributed by atoms with Crippen LogP contribution in [0, 0.1) is 5.92 Å². The zero-order valence-corrected chi connectivity index (χ0v) is 18.4. The highest BCUT2D eigenvalue weighted by Crippen LogP contribution is 2.27. The van der Waals surface area contributed by atoms with Crippen molar-refractivity contribution in [1.29, 1.82) is 0 Å². The third-order valence-electron chi connectivity index (χ3n) is 5.91. The van der Waals surface area contributed by atoms with E-state index in [1.165, 1.54) is 0 Å². The average Bonchev–Trinajstić information content (AvgIpc) is 3.45. The van der Waals surface area contributed by atoms with Gasteiger partial charge in [-0.1, -0.05) is 56.2 Å². The molecule has 5 heteroatoms. The van der Waals surface area contributed by atoms with Crippen LogP contribution in [0.15, 0.2) is 47.8 Å². The number of benzene rings is 1. The highest BCUT2D eigenvalue weighted by molar-refractivity contribution is 7.09. The maximum absolute atomic E-state index is 13.4. The van der Waals surface area contributed by atoms with Gasteiger partial charge in [0.15, 0.2) is 0 Å². The largest absolute Gasteiger partial charge is 0.332 e. The Balaban J connectivity index is 1.75. The molecule has 0 saturated heterocycles. The number of carbonyl (C=O) groups excluding carboxylic acids is 2. The topological polar surface area (TPSA) is 40.6 Å². The fourth-order valence-corrected chi connectivity index (χ4v) is 4.67. The van der Waals surface area contributed by atoms with Crippen LogP contribution in [-0.4, -0.2) is 34.2 Å². The van der Waals surface area contributed by atoms with Crippen LogP contribution in [-0.2, 0) is 22.7 Å². The maximum atomic E-state index is 13.4. The molecular formula is C24H32N2O2S. The summed E-state index contributed by atoms with van der Waals surface area (Å²) in [6.07, 6.45) is 5.02. The summed E-state index contributed by atoms with van der Waals surface area (Å²) in [5, 5.41) is 2.04. The smallest absolute Gasteiger partial charge is 0.242 e. The van der Waals surface area contributed by atoms with E-state index in [1.807, 2.05) is 51.6 Å². The van der Waals surface area contributed by atoms with Crippen molar-refractivity contribution in [1.82, 2.24) is 9.80 Å². The predicted octanol–water partition coefficient (Wildman–Crippen LogP) is 5.09. The Kier molecular flexibility index (Phi) is 7.87. The Morgan fingerprint density at radius 2 is 1.79 bits per heavy atom. The summed E-state index contributed by atoms with van der Waals surface area (Å²) in [6, 6.07) is 14.2. The fourth-order valence-electron chi connectivity index (χ4n) is 3.95. The number of amides is 2. The molecular weight excluding hydrogens is 380 g/mol. The van der Waals surface area contributed by atoms with Crippen LogP contribution in [0.25, 0.3) is 0 Å². The van der Waals surface area contributed by atoms with E-state index < -0.39 is 0 Å². The van der Waals surface area contributed by atoms with Crippen LogP contribution >= 0.6 is 11.3 Å². The molecule has 29 heavy (non-hydrogen) atoms. The molecule has 156 valence electrons. The van der Waals surface area contributed by atoms with Gasteiger partial charge in [0.2, 0.25) is 11.8 Å². The van der Waals surface area contributed by atoms with Gasteiger partial charge >= 0.3 is 0 Å². The van der Waals surface area contributed by atoms with Crippen molar-refractivity contribution in [3.8, 4) is 0 Å². The summed E-state index contributed by atoms with van der Waals surface area (Å²) in [6.45, 7) is 5.45. The molecule has 0 radical (unpaired) electrons. The summed E-state index contributed by atoms with van der Waals surface area (Å²) in [5.74, 6) is 0.284. The molecule has 1 fully saturated rings. The second-order valence-corrected chi connectivity index (χ2v) is 9.05. The second-order valence-electron chi connectivity index (χ2n) is 8.02. The van der Waals surface area contributed by atoms with Crippen molar-refractivity contribution < 1.29 is 9.59 Å². The summed E-state index contributed by atoms with van der Waals surface area (Å²) < 4.78 is 0. The van der Waals surface area contributed by atoms with Crippen molar-refractivity contribution in [3.05, 3.63) is 58.3 Å². The first-order valence-electron chi connectivity index (χ1n) is 10.7. The van der Waals surface area contributed by atoms with Gasteiger partial charge in [-0.2, -0.15) is 0 Å². The van der Waals surface area contributed by atoms with Crippen LogP contribution in [0.3, 0.4) is 0 Å². The lowest BCUT2D eigenvalue weighted by atomic mass is 10.0. The van der Waals surface area contributed by atoms with E-state index >= 15 is 0 Å². The zero-order valence-electron chi connectivity index (χ0n) is 17.5. The van der Waals surface area contributed by atoms with Gasteiger partial charge in [-0.05, 0) is 43.2 Å². The zero-order chi connectivity index (χ0) is 20.6. The van der Waals surface area contributed by atoms with Gasteiger partial charge in [-0.3, -0.25) is 9.59 Å². The molecule has 3 rings (SSSR count). The summed E-state index contributed by atoms with van der Waals surface area (Å²) in [5.41, 5.74) is 1.11. The maximum Gasteiger partial charge on any atom is 0.242 e. The molecule has 1 heterocycles. The van der Waals surface area contributed by atoms with E-state index in [9.17, 15) is 9.59 Å².